The van der Waals surface area contributed by atoms with Crippen molar-refractivity contribution >= 4 is 28.2 Å². The fourth-order valence-corrected chi connectivity index (χ4v) is 3.73. The molecule has 146 valence electrons. The van der Waals surface area contributed by atoms with Crippen LogP contribution in [0.15, 0.2) is 41.5 Å². The number of nitrogens with one attached hydrogen (secondary N) is 2. The number of aryl methyl sites for hydroxylation is 2. The molecule has 3 N–H and O–H groups in total. The number of hydrogen-bond acceptors (Lipinski definition) is 6. The summed E-state index contributed by atoms with van der Waals surface area (Å²) in [5, 5.41) is 16.7. The minimum Gasteiger partial charge on any atom is -0.396 e. The van der Waals surface area contributed by atoms with E-state index in [2.05, 4.69) is 20.6 Å². The fraction of sp³-hybridized carbons (Fsp3) is 0.381. The Morgan fingerprint density at radius 3 is 2.96 bits per heavy atom. The number of nitrogens with zero attached hydrogens (tertiary/aromatic N) is 3. The summed E-state index contributed by atoms with van der Waals surface area (Å²) in [7, 11) is 0. The maximum atomic E-state index is 13.1. The van der Waals surface area contributed by atoms with E-state index in [9.17, 15) is 9.90 Å². The Morgan fingerprint density at radius 1 is 1.32 bits per heavy atom. The molecule has 3 heterocycles. The van der Waals surface area contributed by atoms with Crippen molar-refractivity contribution in [3.05, 3.63) is 52.6 Å². The van der Waals surface area contributed by atoms with Crippen molar-refractivity contribution in [3.63, 3.8) is 0 Å². The molecule has 7 nitrogen and oxygen atoms in total. The van der Waals surface area contributed by atoms with Crippen LogP contribution in [-0.2, 0) is 6.98 Å². The third kappa shape index (κ3) is 3.71. The van der Waals surface area contributed by atoms with Gasteiger partial charge >= 0.3 is 0 Å². The highest BCUT2D eigenvalue weighted by atomic mass is 16.3. The van der Waals surface area contributed by atoms with E-state index in [4.69, 9.17) is 4.11 Å². The average molecular weight is 382 g/mol. The summed E-state index contributed by atoms with van der Waals surface area (Å²) in [4.78, 5) is 22.0. The zero-order valence-corrected chi connectivity index (χ0v) is 15.6. The second kappa shape index (κ2) is 7.59. The number of hydrogen-bond donors (Lipinski definition) is 3. The molecule has 28 heavy (non-hydrogen) atoms. The number of aromatic nitrogens is 3. The highest BCUT2D eigenvalue weighted by molar-refractivity contribution is 5.93. The van der Waals surface area contributed by atoms with Crippen LogP contribution in [-0.4, -0.2) is 32.3 Å². The number of rotatable bonds is 5. The van der Waals surface area contributed by atoms with E-state index in [1.807, 2.05) is 19.1 Å². The molecular weight excluding hydrogens is 354 g/mol. The van der Waals surface area contributed by atoms with E-state index in [-0.39, 0.29) is 24.0 Å². The molecular formula is C21H25N5O2. The van der Waals surface area contributed by atoms with Crippen molar-refractivity contribution in [2.75, 3.05) is 17.2 Å². The summed E-state index contributed by atoms with van der Waals surface area (Å²) in [6.07, 6.45) is 5.47. The molecule has 3 aromatic heterocycles. The quantitative estimate of drug-likeness (QED) is 0.628. The van der Waals surface area contributed by atoms with Gasteiger partial charge in [-0.15, -0.1) is 0 Å². The molecule has 0 bridgehead atoms. The zero-order valence-electron chi connectivity index (χ0n) is 18.6. The molecule has 4 rings (SSSR count). The molecule has 1 saturated carbocycles. The average Bonchev–Trinajstić information content (AvgIpc) is 3.14. The van der Waals surface area contributed by atoms with E-state index < -0.39 is 12.5 Å². The zero-order chi connectivity index (χ0) is 22.2. The maximum absolute atomic E-state index is 13.1. The molecule has 0 saturated heterocycles. The van der Waals surface area contributed by atoms with Gasteiger partial charge in [-0.05, 0) is 67.3 Å². The van der Waals surface area contributed by atoms with E-state index in [0.717, 1.165) is 29.4 Å². The predicted molar refractivity (Wildman–Crippen MR) is 111 cm³/mol. The van der Waals surface area contributed by atoms with Crippen LogP contribution in [0.3, 0.4) is 0 Å². The van der Waals surface area contributed by atoms with Gasteiger partial charge in [-0.25, -0.2) is 9.97 Å². The lowest BCUT2D eigenvalue weighted by Gasteiger charge is -2.17. The lowest BCUT2D eigenvalue weighted by atomic mass is 10.1. The van der Waals surface area contributed by atoms with E-state index in [0.29, 0.717) is 22.8 Å². The summed E-state index contributed by atoms with van der Waals surface area (Å²) in [5.74, 6) is 1.66. The van der Waals surface area contributed by atoms with Gasteiger partial charge < -0.3 is 20.3 Å². The molecule has 1 aliphatic rings. The summed E-state index contributed by atoms with van der Waals surface area (Å²) >= 11 is 0. The van der Waals surface area contributed by atoms with Crippen LogP contribution in [0.2, 0.25) is 0 Å². The number of aliphatic hydroxyl groups excluding tert-OH is 1. The van der Waals surface area contributed by atoms with E-state index >= 15 is 0 Å². The van der Waals surface area contributed by atoms with Crippen LogP contribution in [0.5, 0.6) is 0 Å². The van der Waals surface area contributed by atoms with Gasteiger partial charge in [0, 0.05) is 36.1 Å². The molecule has 0 spiro atoms. The Hall–Kier alpha value is -2.93. The van der Waals surface area contributed by atoms with E-state index in [1.54, 1.807) is 18.3 Å². The number of anilines is 3. The Labute approximate surface area is 167 Å². The van der Waals surface area contributed by atoms with Crippen LogP contribution in [0, 0.1) is 12.8 Å². The summed E-state index contributed by atoms with van der Waals surface area (Å²) in [6, 6.07) is 7.13. The van der Waals surface area contributed by atoms with Gasteiger partial charge in [-0.3, -0.25) is 4.79 Å². The first-order valence-corrected chi connectivity index (χ1v) is 9.38. The van der Waals surface area contributed by atoms with Crippen LogP contribution in [0.25, 0.3) is 10.8 Å². The molecule has 0 amide bonds. The molecule has 1 fully saturated rings. The largest absolute Gasteiger partial charge is 0.396 e. The second-order valence-corrected chi connectivity index (χ2v) is 7.36. The first-order valence-electron chi connectivity index (χ1n) is 10.9. The summed E-state index contributed by atoms with van der Waals surface area (Å²) < 4.78 is 23.7. The molecule has 0 aromatic carbocycles. The van der Waals surface area contributed by atoms with Crippen molar-refractivity contribution in [2.24, 2.45) is 12.9 Å². The number of fused-ring (bicyclic) bond motifs is 1. The molecule has 2 atom stereocenters. The molecule has 0 unspecified atom stereocenters. The minimum atomic E-state index is -2.58. The second-order valence-electron chi connectivity index (χ2n) is 7.36. The number of pyridine rings is 3. The van der Waals surface area contributed by atoms with Gasteiger partial charge in [0.2, 0.25) is 0 Å². The smallest absolute Gasteiger partial charge is 0.261 e. The van der Waals surface area contributed by atoms with Gasteiger partial charge in [-0.2, -0.15) is 0 Å². The van der Waals surface area contributed by atoms with Crippen molar-refractivity contribution < 1.29 is 9.22 Å². The highest BCUT2D eigenvalue weighted by Crippen LogP contribution is 2.30. The van der Waals surface area contributed by atoms with Gasteiger partial charge in [0.15, 0.2) is 0 Å². The fourth-order valence-electron chi connectivity index (χ4n) is 3.73. The van der Waals surface area contributed by atoms with Crippen molar-refractivity contribution in [3.8, 4) is 0 Å². The standard InChI is InChI=1S/C21H25N5O2/c1-13-5-7-22-17(9-13)24-18-11-15-6-8-26(2)21(28)19(15)20(25-18)23-16-4-3-14(10-16)12-27/h5-9,11,14,16,27H,3-4,10,12H2,1-2H3,(H2,22,23,24,25)/t14-,16+/m1/s1/i2D3. The van der Waals surface area contributed by atoms with Crippen LogP contribution < -0.4 is 16.2 Å². The van der Waals surface area contributed by atoms with Gasteiger partial charge in [0.05, 0.1) is 5.39 Å². The molecule has 0 aliphatic heterocycles. The molecule has 1 aliphatic carbocycles. The topological polar surface area (TPSA) is 92.1 Å². The SMILES string of the molecule is [2H]C([2H])([2H])n1ccc2cc(Nc3cc(C)ccn3)nc(N[C@H]3CC[C@@H](CO)C3)c2c1=O. The Morgan fingerprint density at radius 2 is 2.21 bits per heavy atom. The first-order chi connectivity index (χ1) is 14.7. The normalized spacial score (nSPS) is 21.1. The monoisotopic (exact) mass is 382 g/mol. The Balaban J connectivity index is 1.79. The third-order valence-electron chi connectivity index (χ3n) is 5.20. The first kappa shape index (κ1) is 15.0. The third-order valence-corrected chi connectivity index (χ3v) is 5.20. The van der Waals surface area contributed by atoms with Crippen LogP contribution >= 0.6 is 0 Å². The van der Waals surface area contributed by atoms with Crippen LogP contribution in [0.4, 0.5) is 17.5 Å². The Kier molecular flexibility index (Phi) is 4.08. The minimum absolute atomic E-state index is 0.0426. The van der Waals surface area contributed by atoms with Crippen molar-refractivity contribution in [2.45, 2.75) is 32.2 Å². The van der Waals surface area contributed by atoms with Gasteiger partial charge in [0.1, 0.15) is 17.5 Å². The van der Waals surface area contributed by atoms with Gasteiger partial charge in [-0.1, -0.05) is 0 Å². The van der Waals surface area contributed by atoms with E-state index in [1.165, 1.54) is 6.20 Å². The van der Waals surface area contributed by atoms with Crippen molar-refractivity contribution in [1.29, 1.82) is 0 Å². The highest BCUT2D eigenvalue weighted by Gasteiger charge is 2.25. The summed E-state index contributed by atoms with van der Waals surface area (Å²) in [5.41, 5.74) is 0.419. The maximum Gasteiger partial charge on any atom is 0.261 e. The molecule has 3 aromatic rings. The van der Waals surface area contributed by atoms with Gasteiger partial charge in [0.25, 0.3) is 5.56 Å². The molecule has 7 heteroatoms. The van der Waals surface area contributed by atoms with Crippen LogP contribution in [0.1, 0.15) is 28.9 Å². The molecule has 0 radical (unpaired) electrons. The predicted octanol–water partition coefficient (Wildman–Crippen LogP) is 2.95. The summed E-state index contributed by atoms with van der Waals surface area (Å²) in [6.45, 7) is -0.498. The van der Waals surface area contributed by atoms with Crippen molar-refractivity contribution in [1.82, 2.24) is 14.5 Å². The Bertz CT molecular complexity index is 1160. The lowest BCUT2D eigenvalue weighted by Crippen LogP contribution is -2.22. The number of aliphatic hydroxyl groups is 1. The lowest BCUT2D eigenvalue weighted by molar-refractivity contribution is 0.229.